The minimum Gasteiger partial charge on any atom is -0.493 e. The van der Waals surface area contributed by atoms with Crippen LogP contribution in [0.2, 0.25) is 0 Å². The number of benzene rings is 2. The highest BCUT2D eigenvalue weighted by atomic mass is 16.6. The zero-order valence-electron chi connectivity index (χ0n) is 15.9. The molecule has 0 aromatic heterocycles. The van der Waals surface area contributed by atoms with Crippen molar-refractivity contribution in [3.63, 3.8) is 0 Å². The number of carbonyl (C=O) groups is 1. The number of hydrogen-bond donors (Lipinski definition) is 0. The highest BCUT2D eigenvalue weighted by molar-refractivity contribution is 5.95. The number of nitrogens with zero attached hydrogens (tertiary/aromatic N) is 2. The Morgan fingerprint density at radius 2 is 1.82 bits per heavy atom. The SMILES string of the molecule is COc1ccc([N+](=O)[O-])cc1OCC(=O)N(c1ccccc1)C1CCCCC1. The summed E-state index contributed by atoms with van der Waals surface area (Å²) < 4.78 is 10.9. The Bertz CT molecular complexity index is 819. The second-order valence-electron chi connectivity index (χ2n) is 6.77. The van der Waals surface area contributed by atoms with E-state index in [4.69, 9.17) is 9.47 Å². The Kier molecular flexibility index (Phi) is 6.47. The van der Waals surface area contributed by atoms with Crippen molar-refractivity contribution < 1.29 is 19.2 Å². The number of methoxy groups -OCH3 is 1. The summed E-state index contributed by atoms with van der Waals surface area (Å²) in [6.07, 6.45) is 5.30. The van der Waals surface area contributed by atoms with E-state index < -0.39 is 4.92 Å². The van der Waals surface area contributed by atoms with E-state index in [1.54, 1.807) is 0 Å². The maximum absolute atomic E-state index is 13.1. The molecule has 0 aliphatic heterocycles. The van der Waals surface area contributed by atoms with Gasteiger partial charge < -0.3 is 14.4 Å². The summed E-state index contributed by atoms with van der Waals surface area (Å²) in [7, 11) is 1.45. The van der Waals surface area contributed by atoms with Crippen LogP contribution in [0.5, 0.6) is 11.5 Å². The van der Waals surface area contributed by atoms with E-state index in [0.29, 0.717) is 5.75 Å². The number of hydrogen-bond acceptors (Lipinski definition) is 5. The second kappa shape index (κ2) is 9.21. The molecule has 0 atom stereocenters. The molecule has 1 aliphatic carbocycles. The molecule has 1 aliphatic rings. The van der Waals surface area contributed by atoms with Gasteiger partial charge in [0.05, 0.1) is 18.1 Å². The molecule has 2 aromatic carbocycles. The Balaban J connectivity index is 1.79. The number of carbonyl (C=O) groups excluding carboxylic acids is 1. The maximum atomic E-state index is 13.1. The molecule has 1 fully saturated rings. The molecule has 0 unspecified atom stereocenters. The van der Waals surface area contributed by atoms with Crippen LogP contribution in [0.25, 0.3) is 0 Å². The first kappa shape index (κ1) is 19.7. The molecule has 1 amide bonds. The molecule has 7 nitrogen and oxygen atoms in total. The van der Waals surface area contributed by atoms with Gasteiger partial charge in [0.15, 0.2) is 18.1 Å². The van der Waals surface area contributed by atoms with Crippen molar-refractivity contribution in [1.82, 2.24) is 0 Å². The zero-order chi connectivity index (χ0) is 19.9. The van der Waals surface area contributed by atoms with Gasteiger partial charge in [-0.1, -0.05) is 37.5 Å². The fraction of sp³-hybridized carbons (Fsp3) is 0.381. The molecule has 3 rings (SSSR count). The van der Waals surface area contributed by atoms with Gasteiger partial charge in [-0.2, -0.15) is 0 Å². The highest BCUT2D eigenvalue weighted by Gasteiger charge is 2.27. The van der Waals surface area contributed by atoms with Crippen LogP contribution in [0, 0.1) is 10.1 Å². The third-order valence-corrected chi connectivity index (χ3v) is 4.95. The van der Waals surface area contributed by atoms with Crippen molar-refractivity contribution in [3.05, 3.63) is 58.6 Å². The fourth-order valence-electron chi connectivity index (χ4n) is 3.59. The Hall–Kier alpha value is -3.09. The molecule has 1 saturated carbocycles. The predicted molar refractivity (Wildman–Crippen MR) is 106 cm³/mol. The van der Waals surface area contributed by atoms with E-state index in [-0.39, 0.29) is 30.0 Å². The smallest absolute Gasteiger partial charge is 0.273 e. The van der Waals surface area contributed by atoms with Gasteiger partial charge in [-0.25, -0.2) is 0 Å². The summed E-state index contributed by atoms with van der Waals surface area (Å²) in [5.74, 6) is 0.357. The molecule has 0 bridgehead atoms. The summed E-state index contributed by atoms with van der Waals surface area (Å²) >= 11 is 0. The first-order valence-corrected chi connectivity index (χ1v) is 9.42. The van der Waals surface area contributed by atoms with E-state index >= 15 is 0 Å². The van der Waals surface area contributed by atoms with Crippen molar-refractivity contribution in [1.29, 1.82) is 0 Å². The Morgan fingerprint density at radius 1 is 1.11 bits per heavy atom. The van der Waals surface area contributed by atoms with Gasteiger partial charge in [0.2, 0.25) is 0 Å². The number of rotatable bonds is 7. The first-order valence-electron chi connectivity index (χ1n) is 9.42. The average Bonchev–Trinajstić information content (AvgIpc) is 2.73. The molecule has 0 saturated heterocycles. The lowest BCUT2D eigenvalue weighted by atomic mass is 9.93. The van der Waals surface area contributed by atoms with Crippen LogP contribution >= 0.6 is 0 Å². The van der Waals surface area contributed by atoms with Gasteiger partial charge in [-0.05, 0) is 31.0 Å². The van der Waals surface area contributed by atoms with Crippen LogP contribution in [0.3, 0.4) is 0 Å². The van der Waals surface area contributed by atoms with Crippen LogP contribution in [0.1, 0.15) is 32.1 Å². The molecule has 0 radical (unpaired) electrons. The summed E-state index contributed by atoms with van der Waals surface area (Å²) in [5, 5.41) is 11.0. The fourth-order valence-corrected chi connectivity index (χ4v) is 3.59. The summed E-state index contributed by atoms with van der Waals surface area (Å²) in [5.41, 5.74) is 0.726. The van der Waals surface area contributed by atoms with Crippen LogP contribution in [0.15, 0.2) is 48.5 Å². The molecular weight excluding hydrogens is 360 g/mol. The van der Waals surface area contributed by atoms with Crippen molar-refractivity contribution >= 4 is 17.3 Å². The molecule has 7 heteroatoms. The molecular formula is C21H24N2O5. The number of nitro benzene ring substituents is 1. The van der Waals surface area contributed by atoms with Gasteiger partial charge in [0.1, 0.15) is 0 Å². The lowest BCUT2D eigenvalue weighted by Crippen LogP contribution is -2.44. The van der Waals surface area contributed by atoms with Crippen molar-refractivity contribution in [3.8, 4) is 11.5 Å². The minimum absolute atomic E-state index is 0.115. The predicted octanol–water partition coefficient (Wildman–Crippen LogP) is 4.35. The number of amides is 1. The van der Waals surface area contributed by atoms with E-state index in [2.05, 4.69) is 0 Å². The second-order valence-corrected chi connectivity index (χ2v) is 6.77. The molecule has 148 valence electrons. The quantitative estimate of drug-likeness (QED) is 0.524. The molecule has 28 heavy (non-hydrogen) atoms. The van der Waals surface area contributed by atoms with E-state index in [0.717, 1.165) is 31.4 Å². The molecule has 0 heterocycles. The van der Waals surface area contributed by atoms with Gasteiger partial charge in [0, 0.05) is 17.8 Å². The standard InChI is InChI=1S/C21H24N2O5/c1-27-19-13-12-18(23(25)26)14-20(19)28-15-21(24)22(16-8-4-2-5-9-16)17-10-6-3-7-11-17/h2,4-5,8-9,12-14,17H,3,6-7,10-11,15H2,1H3. The van der Waals surface area contributed by atoms with Gasteiger partial charge >= 0.3 is 0 Å². The monoisotopic (exact) mass is 384 g/mol. The van der Waals surface area contributed by atoms with Crippen molar-refractivity contribution in [2.75, 3.05) is 18.6 Å². The summed E-state index contributed by atoms with van der Waals surface area (Å²) in [6, 6.07) is 13.8. The van der Waals surface area contributed by atoms with E-state index in [1.807, 2.05) is 35.2 Å². The first-order chi connectivity index (χ1) is 13.6. The lowest BCUT2D eigenvalue weighted by Gasteiger charge is -2.34. The number of anilines is 1. The highest BCUT2D eigenvalue weighted by Crippen LogP contribution is 2.32. The van der Waals surface area contributed by atoms with E-state index in [1.165, 1.54) is 31.7 Å². The van der Waals surface area contributed by atoms with Crippen molar-refractivity contribution in [2.45, 2.75) is 38.1 Å². The summed E-state index contributed by atoms with van der Waals surface area (Å²) in [6.45, 7) is -0.219. The van der Waals surface area contributed by atoms with Gasteiger partial charge in [0.25, 0.3) is 11.6 Å². The zero-order valence-corrected chi connectivity index (χ0v) is 15.9. The van der Waals surface area contributed by atoms with Crippen molar-refractivity contribution in [2.24, 2.45) is 0 Å². The van der Waals surface area contributed by atoms with Gasteiger partial charge in [-0.15, -0.1) is 0 Å². The van der Waals surface area contributed by atoms with Gasteiger partial charge in [-0.3, -0.25) is 14.9 Å². The van der Waals surface area contributed by atoms with E-state index in [9.17, 15) is 14.9 Å². The third kappa shape index (κ3) is 4.60. The topological polar surface area (TPSA) is 81.9 Å². The average molecular weight is 384 g/mol. The van der Waals surface area contributed by atoms with Crippen LogP contribution in [0.4, 0.5) is 11.4 Å². The number of ether oxygens (including phenoxy) is 2. The molecule has 0 N–H and O–H groups in total. The third-order valence-electron chi connectivity index (χ3n) is 4.95. The largest absolute Gasteiger partial charge is 0.493 e. The van der Waals surface area contributed by atoms with Crippen LogP contribution < -0.4 is 14.4 Å². The number of nitro groups is 1. The summed E-state index contributed by atoms with van der Waals surface area (Å²) in [4.78, 5) is 25.4. The maximum Gasteiger partial charge on any atom is 0.273 e. The van der Waals surface area contributed by atoms with Crippen LogP contribution in [-0.2, 0) is 4.79 Å². The number of para-hydroxylation sites is 1. The lowest BCUT2D eigenvalue weighted by molar-refractivity contribution is -0.385. The molecule has 0 spiro atoms. The Labute approximate surface area is 164 Å². The van der Waals surface area contributed by atoms with Crippen LogP contribution in [-0.4, -0.2) is 30.6 Å². The molecule has 2 aromatic rings. The number of non-ortho nitro benzene ring substituents is 1. The minimum atomic E-state index is -0.508. The Morgan fingerprint density at radius 3 is 2.46 bits per heavy atom. The normalized spacial score (nSPS) is 14.3.